The SMILES string of the molecule is CC(C)CCCCCCCCCCCCCCCC(=O)O[C@H](COC(=O)CCCCCCCCCCC(C)C)COC(=O)CCCCCCCCCC(C)C. The summed E-state index contributed by atoms with van der Waals surface area (Å²) in [5.74, 6) is 1.55. The number of esters is 3. The zero-order valence-corrected chi connectivity index (χ0v) is 37.7. The van der Waals surface area contributed by atoms with E-state index in [0.717, 1.165) is 75.5 Å². The van der Waals surface area contributed by atoms with Crippen LogP contribution >= 0.6 is 0 Å². The summed E-state index contributed by atoms with van der Waals surface area (Å²) in [6, 6.07) is 0. The van der Waals surface area contributed by atoms with Gasteiger partial charge < -0.3 is 14.2 Å². The average molecular weight is 779 g/mol. The number of carbonyl (C=O) groups excluding carboxylic acids is 3. The van der Waals surface area contributed by atoms with E-state index in [-0.39, 0.29) is 31.1 Å². The molecule has 326 valence electrons. The second kappa shape index (κ2) is 40.6. The molecule has 0 saturated heterocycles. The molecule has 0 aliphatic carbocycles. The summed E-state index contributed by atoms with van der Waals surface area (Å²) in [4.78, 5) is 37.8. The molecule has 0 spiro atoms. The number of carbonyl (C=O) groups is 3. The van der Waals surface area contributed by atoms with E-state index in [9.17, 15) is 14.4 Å². The van der Waals surface area contributed by atoms with Crippen LogP contribution in [0.25, 0.3) is 0 Å². The lowest BCUT2D eigenvalue weighted by Gasteiger charge is -2.18. The van der Waals surface area contributed by atoms with Crippen LogP contribution < -0.4 is 0 Å². The fraction of sp³-hybridized carbons (Fsp3) is 0.939. The molecule has 0 saturated carbocycles. The van der Waals surface area contributed by atoms with Gasteiger partial charge in [-0.15, -0.1) is 0 Å². The molecule has 0 amide bonds. The number of rotatable bonds is 42. The molecular formula is C49H94O6. The van der Waals surface area contributed by atoms with E-state index in [1.807, 2.05) is 0 Å². The Morgan fingerprint density at radius 1 is 0.309 bits per heavy atom. The molecule has 0 aromatic heterocycles. The van der Waals surface area contributed by atoms with E-state index >= 15 is 0 Å². The Labute approximate surface area is 342 Å². The van der Waals surface area contributed by atoms with Crippen molar-refractivity contribution in [2.24, 2.45) is 17.8 Å². The maximum Gasteiger partial charge on any atom is 0.306 e. The first kappa shape index (κ1) is 53.4. The molecule has 0 rings (SSSR count). The van der Waals surface area contributed by atoms with Crippen molar-refractivity contribution < 1.29 is 28.6 Å². The molecule has 0 N–H and O–H groups in total. The smallest absolute Gasteiger partial charge is 0.306 e. The summed E-state index contributed by atoms with van der Waals surface area (Å²) >= 11 is 0. The largest absolute Gasteiger partial charge is 0.462 e. The summed E-state index contributed by atoms with van der Waals surface area (Å²) in [6.45, 7) is 13.6. The Hall–Kier alpha value is -1.59. The molecule has 6 nitrogen and oxygen atoms in total. The van der Waals surface area contributed by atoms with Gasteiger partial charge in [-0.25, -0.2) is 0 Å². The van der Waals surface area contributed by atoms with Gasteiger partial charge in [0.15, 0.2) is 6.10 Å². The highest BCUT2D eigenvalue weighted by Crippen LogP contribution is 2.17. The van der Waals surface area contributed by atoms with E-state index in [2.05, 4.69) is 41.5 Å². The van der Waals surface area contributed by atoms with Crippen molar-refractivity contribution in [2.45, 2.75) is 266 Å². The van der Waals surface area contributed by atoms with Gasteiger partial charge in [0.25, 0.3) is 0 Å². The van der Waals surface area contributed by atoms with Gasteiger partial charge in [0.05, 0.1) is 0 Å². The van der Waals surface area contributed by atoms with Gasteiger partial charge >= 0.3 is 17.9 Å². The lowest BCUT2D eigenvalue weighted by atomic mass is 10.0. The summed E-state index contributed by atoms with van der Waals surface area (Å²) in [5.41, 5.74) is 0. The van der Waals surface area contributed by atoms with Crippen LogP contribution in [0.1, 0.15) is 260 Å². The number of ether oxygens (including phenoxy) is 3. The molecule has 1 atom stereocenters. The Kier molecular flexibility index (Phi) is 39.4. The topological polar surface area (TPSA) is 78.9 Å². The number of hydrogen-bond donors (Lipinski definition) is 0. The maximum atomic E-state index is 12.7. The molecule has 6 heteroatoms. The van der Waals surface area contributed by atoms with Crippen LogP contribution in [-0.4, -0.2) is 37.2 Å². The lowest BCUT2D eigenvalue weighted by Crippen LogP contribution is -2.30. The Bertz CT molecular complexity index is 852. The van der Waals surface area contributed by atoms with E-state index in [1.54, 1.807) is 0 Å². The van der Waals surface area contributed by atoms with Crippen molar-refractivity contribution in [1.29, 1.82) is 0 Å². The van der Waals surface area contributed by atoms with Crippen LogP contribution in [0.4, 0.5) is 0 Å². The first-order valence-electron chi connectivity index (χ1n) is 24.1. The molecular weight excluding hydrogens is 685 g/mol. The molecule has 0 aliphatic rings. The predicted octanol–water partition coefficient (Wildman–Crippen LogP) is 15.2. The predicted molar refractivity (Wildman–Crippen MR) is 233 cm³/mol. The number of unbranched alkanes of at least 4 members (excludes halogenated alkanes) is 25. The molecule has 0 aromatic carbocycles. The first-order chi connectivity index (χ1) is 26.6. The Morgan fingerprint density at radius 3 is 0.782 bits per heavy atom. The summed E-state index contributed by atoms with van der Waals surface area (Å²) in [7, 11) is 0. The van der Waals surface area contributed by atoms with Gasteiger partial charge in [-0.1, -0.05) is 221 Å². The van der Waals surface area contributed by atoms with Crippen LogP contribution in [0.2, 0.25) is 0 Å². The van der Waals surface area contributed by atoms with E-state index < -0.39 is 6.10 Å². The standard InChI is InChI=1S/C49H94O6/c1-43(2)35-29-23-17-12-10-8-7-9-11-13-21-28-34-40-49(52)55-46(42-54-48(51)39-33-27-22-16-19-25-31-37-45(5)6)41-53-47(50)38-32-26-20-15-14-18-24-30-36-44(3)4/h43-46H,7-42H2,1-6H3/t46-/m1/s1. The molecule has 0 unspecified atom stereocenters. The molecule has 55 heavy (non-hydrogen) atoms. The van der Waals surface area contributed by atoms with Gasteiger partial charge in [0.2, 0.25) is 0 Å². The monoisotopic (exact) mass is 779 g/mol. The zero-order valence-electron chi connectivity index (χ0n) is 37.7. The van der Waals surface area contributed by atoms with Crippen molar-refractivity contribution in [3.63, 3.8) is 0 Å². The highest BCUT2D eigenvalue weighted by atomic mass is 16.6. The van der Waals surface area contributed by atoms with Gasteiger partial charge in [-0.05, 0) is 37.0 Å². The third-order valence-corrected chi connectivity index (χ3v) is 10.9. The van der Waals surface area contributed by atoms with Crippen molar-refractivity contribution in [3.05, 3.63) is 0 Å². The zero-order chi connectivity index (χ0) is 40.6. The molecule has 0 fully saturated rings. The van der Waals surface area contributed by atoms with E-state index in [0.29, 0.717) is 19.3 Å². The van der Waals surface area contributed by atoms with Crippen LogP contribution in [-0.2, 0) is 28.6 Å². The Morgan fingerprint density at radius 2 is 0.527 bits per heavy atom. The second-order valence-electron chi connectivity index (χ2n) is 18.2. The number of hydrogen-bond acceptors (Lipinski definition) is 6. The second-order valence-corrected chi connectivity index (χ2v) is 18.2. The van der Waals surface area contributed by atoms with Crippen LogP contribution in [0, 0.1) is 17.8 Å². The molecule has 0 aliphatic heterocycles. The minimum atomic E-state index is -0.762. The van der Waals surface area contributed by atoms with Crippen molar-refractivity contribution >= 4 is 17.9 Å². The van der Waals surface area contributed by atoms with Crippen molar-refractivity contribution in [1.82, 2.24) is 0 Å². The fourth-order valence-electron chi connectivity index (χ4n) is 7.23. The fourth-order valence-corrected chi connectivity index (χ4v) is 7.23. The first-order valence-corrected chi connectivity index (χ1v) is 24.1. The summed E-state index contributed by atoms with van der Waals surface area (Å²) in [5, 5.41) is 0. The van der Waals surface area contributed by atoms with Crippen LogP contribution in [0.5, 0.6) is 0 Å². The van der Waals surface area contributed by atoms with E-state index in [4.69, 9.17) is 14.2 Å². The van der Waals surface area contributed by atoms with Crippen LogP contribution in [0.15, 0.2) is 0 Å². The minimum absolute atomic E-state index is 0.0663. The van der Waals surface area contributed by atoms with Gasteiger partial charge in [-0.2, -0.15) is 0 Å². The molecule has 0 radical (unpaired) electrons. The Balaban J connectivity index is 4.31. The minimum Gasteiger partial charge on any atom is -0.462 e. The third kappa shape index (κ3) is 43.4. The summed E-state index contributed by atoms with van der Waals surface area (Å²) in [6.07, 6.45) is 38.2. The molecule has 0 aromatic rings. The van der Waals surface area contributed by atoms with Gasteiger partial charge in [0.1, 0.15) is 13.2 Å². The maximum absolute atomic E-state index is 12.7. The van der Waals surface area contributed by atoms with Crippen molar-refractivity contribution in [3.8, 4) is 0 Å². The highest BCUT2D eigenvalue weighted by Gasteiger charge is 2.19. The summed E-state index contributed by atoms with van der Waals surface area (Å²) < 4.78 is 16.7. The normalized spacial score (nSPS) is 12.2. The van der Waals surface area contributed by atoms with Crippen molar-refractivity contribution in [2.75, 3.05) is 13.2 Å². The molecule has 0 heterocycles. The van der Waals surface area contributed by atoms with Gasteiger partial charge in [0, 0.05) is 19.3 Å². The third-order valence-electron chi connectivity index (χ3n) is 10.9. The molecule has 0 bridgehead atoms. The average Bonchev–Trinajstić information content (AvgIpc) is 3.13. The quantitative estimate of drug-likeness (QED) is 0.0349. The van der Waals surface area contributed by atoms with Crippen LogP contribution in [0.3, 0.4) is 0 Å². The lowest BCUT2D eigenvalue weighted by molar-refractivity contribution is -0.167. The van der Waals surface area contributed by atoms with Gasteiger partial charge in [-0.3, -0.25) is 14.4 Å². The van der Waals surface area contributed by atoms with E-state index in [1.165, 1.54) is 141 Å². The highest BCUT2D eigenvalue weighted by molar-refractivity contribution is 5.71.